The first-order valence-corrected chi connectivity index (χ1v) is 9.56. The molecule has 1 aliphatic carbocycles. The van der Waals surface area contributed by atoms with Crippen LogP contribution in [0.25, 0.3) is 0 Å². The van der Waals surface area contributed by atoms with E-state index in [0.717, 1.165) is 25.4 Å². The molecule has 1 saturated carbocycles. The van der Waals surface area contributed by atoms with Gasteiger partial charge in [-0.1, -0.05) is 38.2 Å². The van der Waals surface area contributed by atoms with Crippen LogP contribution < -0.4 is 0 Å². The minimum atomic E-state index is 0.446. The van der Waals surface area contributed by atoms with Gasteiger partial charge >= 0.3 is 0 Å². The van der Waals surface area contributed by atoms with Crippen LogP contribution in [0.15, 0.2) is 30.6 Å². The number of pyridine rings is 1. The molecule has 1 N–H and O–H groups in total. The van der Waals surface area contributed by atoms with Crippen LogP contribution in [0.4, 0.5) is 0 Å². The van der Waals surface area contributed by atoms with Gasteiger partial charge in [0.2, 0.25) is 0 Å². The largest absolute Gasteiger partial charge is 0.345 e. The van der Waals surface area contributed by atoms with Gasteiger partial charge in [-0.3, -0.25) is 9.88 Å². The third kappa shape index (κ3) is 3.69. The average Bonchev–Trinajstić information content (AvgIpc) is 3.29. The van der Waals surface area contributed by atoms with Crippen LogP contribution in [0, 0.1) is 5.92 Å². The molecule has 2 aliphatic rings. The van der Waals surface area contributed by atoms with E-state index in [9.17, 15) is 0 Å². The lowest BCUT2D eigenvalue weighted by molar-refractivity contribution is 0.135. The SMILES string of the molecule is c1ccc([C@H]2CCCCN2Cc2cnc(CC3CCCC3)[nH]2)nc1. The maximum absolute atomic E-state index is 4.65. The number of hydrogen-bond donors (Lipinski definition) is 1. The molecule has 4 nitrogen and oxygen atoms in total. The van der Waals surface area contributed by atoms with Gasteiger partial charge in [0.25, 0.3) is 0 Å². The number of piperidine rings is 1. The third-order valence-electron chi connectivity index (χ3n) is 5.65. The van der Waals surface area contributed by atoms with E-state index in [1.807, 2.05) is 18.5 Å². The second-order valence-electron chi connectivity index (χ2n) is 7.45. The summed E-state index contributed by atoms with van der Waals surface area (Å²) < 4.78 is 0. The van der Waals surface area contributed by atoms with Crippen molar-refractivity contribution in [1.82, 2.24) is 19.9 Å². The van der Waals surface area contributed by atoms with Crippen LogP contribution in [-0.4, -0.2) is 26.4 Å². The van der Waals surface area contributed by atoms with E-state index in [4.69, 9.17) is 0 Å². The zero-order chi connectivity index (χ0) is 16.2. The molecule has 0 radical (unpaired) electrons. The Labute approximate surface area is 144 Å². The predicted molar refractivity (Wildman–Crippen MR) is 95.5 cm³/mol. The van der Waals surface area contributed by atoms with Crippen LogP contribution in [-0.2, 0) is 13.0 Å². The Balaban J connectivity index is 1.42. The fourth-order valence-electron chi connectivity index (χ4n) is 4.38. The van der Waals surface area contributed by atoms with E-state index in [2.05, 4.69) is 32.0 Å². The molecule has 4 heteroatoms. The van der Waals surface area contributed by atoms with Crippen LogP contribution in [0.5, 0.6) is 0 Å². The summed E-state index contributed by atoms with van der Waals surface area (Å²) in [4.78, 5) is 15.4. The molecule has 1 atom stereocenters. The second-order valence-corrected chi connectivity index (χ2v) is 7.45. The van der Waals surface area contributed by atoms with E-state index < -0.39 is 0 Å². The highest BCUT2D eigenvalue weighted by Gasteiger charge is 2.25. The van der Waals surface area contributed by atoms with E-state index in [1.165, 1.54) is 62.2 Å². The summed E-state index contributed by atoms with van der Waals surface area (Å²) in [5, 5.41) is 0. The van der Waals surface area contributed by atoms with Crippen molar-refractivity contribution in [3.8, 4) is 0 Å². The Bertz CT molecular complexity index is 630. The lowest BCUT2D eigenvalue weighted by atomic mass is 9.98. The first kappa shape index (κ1) is 15.8. The van der Waals surface area contributed by atoms with Crippen molar-refractivity contribution in [1.29, 1.82) is 0 Å². The molecular formula is C20H28N4. The number of nitrogens with zero attached hydrogens (tertiary/aromatic N) is 3. The fourth-order valence-corrected chi connectivity index (χ4v) is 4.38. The summed E-state index contributed by atoms with van der Waals surface area (Å²) in [5.74, 6) is 2.03. The van der Waals surface area contributed by atoms with Gasteiger partial charge in [-0.05, 0) is 37.4 Å². The zero-order valence-electron chi connectivity index (χ0n) is 14.5. The van der Waals surface area contributed by atoms with Crippen molar-refractivity contribution in [3.05, 3.63) is 47.8 Å². The highest BCUT2D eigenvalue weighted by Crippen LogP contribution is 2.31. The summed E-state index contributed by atoms with van der Waals surface area (Å²) >= 11 is 0. The first-order chi connectivity index (χ1) is 11.9. The molecule has 1 aliphatic heterocycles. The van der Waals surface area contributed by atoms with Gasteiger partial charge in [0.1, 0.15) is 5.82 Å². The Morgan fingerprint density at radius 2 is 1.92 bits per heavy atom. The summed E-state index contributed by atoms with van der Waals surface area (Å²) in [5.41, 5.74) is 2.47. The van der Waals surface area contributed by atoms with Crippen LogP contribution >= 0.6 is 0 Å². The monoisotopic (exact) mass is 324 g/mol. The molecule has 2 fully saturated rings. The third-order valence-corrected chi connectivity index (χ3v) is 5.65. The van der Waals surface area contributed by atoms with Crippen molar-refractivity contribution in [2.24, 2.45) is 5.92 Å². The fraction of sp³-hybridized carbons (Fsp3) is 0.600. The molecule has 0 aromatic carbocycles. The minimum absolute atomic E-state index is 0.446. The van der Waals surface area contributed by atoms with Crippen molar-refractivity contribution < 1.29 is 0 Å². The summed E-state index contributed by atoms with van der Waals surface area (Å²) in [6, 6.07) is 6.72. The second kappa shape index (κ2) is 7.47. The van der Waals surface area contributed by atoms with Crippen molar-refractivity contribution in [3.63, 3.8) is 0 Å². The number of nitrogens with one attached hydrogen (secondary N) is 1. The van der Waals surface area contributed by atoms with Gasteiger partial charge in [0.05, 0.1) is 11.7 Å². The Kier molecular flexibility index (Phi) is 4.93. The molecular weight excluding hydrogens is 296 g/mol. The van der Waals surface area contributed by atoms with E-state index >= 15 is 0 Å². The van der Waals surface area contributed by atoms with E-state index in [-0.39, 0.29) is 0 Å². The zero-order valence-corrected chi connectivity index (χ0v) is 14.5. The van der Waals surface area contributed by atoms with Crippen molar-refractivity contribution in [2.75, 3.05) is 6.54 Å². The smallest absolute Gasteiger partial charge is 0.106 e. The number of hydrogen-bond acceptors (Lipinski definition) is 3. The molecule has 24 heavy (non-hydrogen) atoms. The Hall–Kier alpha value is -1.68. The van der Waals surface area contributed by atoms with Gasteiger partial charge in [-0.15, -0.1) is 0 Å². The molecule has 0 bridgehead atoms. The maximum Gasteiger partial charge on any atom is 0.106 e. The van der Waals surface area contributed by atoms with Crippen molar-refractivity contribution >= 4 is 0 Å². The molecule has 0 unspecified atom stereocenters. The molecule has 0 spiro atoms. The maximum atomic E-state index is 4.65. The number of H-pyrrole nitrogens is 1. The van der Waals surface area contributed by atoms with Crippen molar-refractivity contribution in [2.45, 2.75) is 64.0 Å². The standard InChI is InChI=1S/C20H28N4/c1-2-8-16(7-1)13-20-22-14-17(23-20)15-24-12-6-4-10-19(24)18-9-3-5-11-21-18/h3,5,9,11,14,16,19H,1-2,4,6-8,10,12-13,15H2,(H,22,23)/t19-/m1/s1. The molecule has 3 heterocycles. The van der Waals surface area contributed by atoms with E-state index in [0.29, 0.717) is 6.04 Å². The average molecular weight is 324 g/mol. The molecule has 2 aromatic rings. The molecule has 1 saturated heterocycles. The van der Waals surface area contributed by atoms with Gasteiger partial charge < -0.3 is 4.98 Å². The summed E-state index contributed by atoms with van der Waals surface area (Å²) in [7, 11) is 0. The number of imidazole rings is 1. The predicted octanol–water partition coefficient (Wildman–Crippen LogP) is 4.26. The Morgan fingerprint density at radius 1 is 1.04 bits per heavy atom. The highest BCUT2D eigenvalue weighted by molar-refractivity contribution is 5.11. The van der Waals surface area contributed by atoms with Crippen LogP contribution in [0.3, 0.4) is 0 Å². The van der Waals surface area contributed by atoms with E-state index in [1.54, 1.807) is 0 Å². The summed E-state index contributed by atoms with van der Waals surface area (Å²) in [6.07, 6.45) is 14.4. The molecule has 2 aromatic heterocycles. The number of aromatic amines is 1. The Morgan fingerprint density at radius 3 is 2.75 bits per heavy atom. The minimum Gasteiger partial charge on any atom is -0.345 e. The summed E-state index contributed by atoms with van der Waals surface area (Å²) in [6.45, 7) is 2.11. The van der Waals surface area contributed by atoms with Gasteiger partial charge in [-0.25, -0.2) is 4.98 Å². The van der Waals surface area contributed by atoms with Gasteiger partial charge in [0.15, 0.2) is 0 Å². The lowest BCUT2D eigenvalue weighted by Gasteiger charge is -2.34. The first-order valence-electron chi connectivity index (χ1n) is 9.56. The number of rotatable bonds is 5. The van der Waals surface area contributed by atoms with Crippen LogP contribution in [0.2, 0.25) is 0 Å². The van der Waals surface area contributed by atoms with Gasteiger partial charge in [-0.2, -0.15) is 0 Å². The quantitative estimate of drug-likeness (QED) is 0.893. The molecule has 128 valence electrons. The lowest BCUT2D eigenvalue weighted by Crippen LogP contribution is -2.33. The number of aromatic nitrogens is 3. The highest BCUT2D eigenvalue weighted by atomic mass is 15.2. The topological polar surface area (TPSA) is 44.8 Å². The van der Waals surface area contributed by atoms with Crippen LogP contribution in [0.1, 0.15) is 68.2 Å². The number of likely N-dealkylation sites (tertiary alicyclic amines) is 1. The molecule has 4 rings (SSSR count). The normalized spacial score (nSPS) is 22.9. The molecule has 0 amide bonds. The van der Waals surface area contributed by atoms with Gasteiger partial charge in [0, 0.05) is 31.1 Å².